The van der Waals surface area contributed by atoms with E-state index in [9.17, 15) is 19.3 Å². The zero-order chi connectivity index (χ0) is 30.8. The molecule has 0 saturated carbocycles. The minimum absolute atomic E-state index is 0.0144. The number of ether oxygens (including phenoxy) is 1. The second-order valence-electron chi connectivity index (χ2n) is 10.5. The molecule has 0 spiro atoms. The quantitative estimate of drug-likeness (QED) is 0.172. The minimum Gasteiger partial charge on any atom is -0.388 e. The summed E-state index contributed by atoms with van der Waals surface area (Å²) in [4.78, 5) is 36.7. The maximum atomic E-state index is 13.6. The van der Waals surface area contributed by atoms with Gasteiger partial charge < -0.3 is 29.5 Å². The third kappa shape index (κ3) is 9.04. The first-order valence-corrected chi connectivity index (χ1v) is 16.6. The molecule has 0 bridgehead atoms. The van der Waals surface area contributed by atoms with Gasteiger partial charge in [0.15, 0.2) is 0 Å². The summed E-state index contributed by atoms with van der Waals surface area (Å²) < 4.78 is 22.9. The predicted octanol–water partition coefficient (Wildman–Crippen LogP) is 3.75. The third-order valence-corrected chi connectivity index (χ3v) is 7.66. The van der Waals surface area contributed by atoms with Crippen molar-refractivity contribution in [1.29, 1.82) is 0 Å². The van der Waals surface area contributed by atoms with Crippen LogP contribution in [0, 0.1) is 0 Å². The standard InChI is InChI=1S/C30H40N5O7P/c1-3-35-30-24-12-5-4-11-22(24)19-34(26-14-7-6-13-25(26)29(30)32-33-35)28(38)16-9-8-15-27(37)31-17-10-18-41-20-23(36)21-42-43(2,39)40/h4-7,11-14,23,36H,3,8-10,15-21H2,1-2H3,(H,31,37)(H,39,40). The summed E-state index contributed by atoms with van der Waals surface area (Å²) in [6.07, 6.45) is 1.31. The maximum absolute atomic E-state index is 13.6. The van der Waals surface area contributed by atoms with Gasteiger partial charge >= 0.3 is 7.60 Å². The fraction of sp³-hybridized carbons (Fsp3) is 0.467. The lowest BCUT2D eigenvalue weighted by Gasteiger charge is -2.28. The lowest BCUT2D eigenvalue weighted by Crippen LogP contribution is -2.31. The zero-order valence-electron chi connectivity index (χ0n) is 24.6. The molecule has 0 saturated heterocycles. The Bertz CT molecular complexity index is 1440. The SMILES string of the molecule is CCn1nnc2c1-c1ccccc1CN(C(=O)CCCCC(=O)NCCCOCC(O)COP(C)(=O)O)c1ccccc1-2. The second kappa shape index (κ2) is 15.4. The monoisotopic (exact) mass is 613 g/mol. The molecule has 1 aromatic heterocycles. The molecule has 43 heavy (non-hydrogen) atoms. The summed E-state index contributed by atoms with van der Waals surface area (Å²) in [6, 6.07) is 15.8. The Hall–Kier alpha value is -3.41. The van der Waals surface area contributed by atoms with Gasteiger partial charge in [0.2, 0.25) is 11.8 Å². The Morgan fingerprint density at radius 2 is 1.77 bits per heavy atom. The number of amides is 2. The van der Waals surface area contributed by atoms with Crippen LogP contribution in [-0.2, 0) is 36.5 Å². The van der Waals surface area contributed by atoms with E-state index in [1.54, 1.807) is 0 Å². The molecule has 232 valence electrons. The number of benzene rings is 2. The number of carbonyl (C=O) groups excluding carboxylic acids is 2. The molecule has 0 fully saturated rings. The van der Waals surface area contributed by atoms with Crippen molar-refractivity contribution in [2.45, 2.75) is 58.2 Å². The van der Waals surface area contributed by atoms with Crippen LogP contribution in [0.4, 0.5) is 5.69 Å². The van der Waals surface area contributed by atoms with Crippen molar-refractivity contribution in [3.63, 3.8) is 0 Å². The summed E-state index contributed by atoms with van der Waals surface area (Å²) in [5, 5.41) is 21.4. The smallest absolute Gasteiger partial charge is 0.325 e. The molecule has 2 heterocycles. The number of para-hydroxylation sites is 1. The number of rotatable bonds is 15. The predicted molar refractivity (Wildman–Crippen MR) is 162 cm³/mol. The molecule has 2 amide bonds. The van der Waals surface area contributed by atoms with Gasteiger partial charge in [-0.3, -0.25) is 14.2 Å². The van der Waals surface area contributed by atoms with Gasteiger partial charge in [0.1, 0.15) is 11.8 Å². The van der Waals surface area contributed by atoms with E-state index in [2.05, 4.69) is 20.2 Å². The normalized spacial score (nSPS) is 14.5. The molecule has 2 aromatic carbocycles. The van der Waals surface area contributed by atoms with Crippen molar-refractivity contribution < 1.29 is 33.4 Å². The number of aliphatic hydroxyl groups excluding tert-OH is 1. The number of nitrogens with one attached hydrogen (secondary N) is 1. The average Bonchev–Trinajstić information content (AvgIpc) is 3.41. The summed E-state index contributed by atoms with van der Waals surface area (Å²) in [6.45, 7) is 4.59. The fourth-order valence-corrected chi connectivity index (χ4v) is 5.39. The van der Waals surface area contributed by atoms with E-state index < -0.39 is 13.7 Å². The van der Waals surface area contributed by atoms with E-state index in [0.29, 0.717) is 58.3 Å². The van der Waals surface area contributed by atoms with Crippen molar-refractivity contribution in [1.82, 2.24) is 20.3 Å². The van der Waals surface area contributed by atoms with Gasteiger partial charge in [-0.2, -0.15) is 0 Å². The van der Waals surface area contributed by atoms with Crippen LogP contribution in [0.5, 0.6) is 0 Å². The highest BCUT2D eigenvalue weighted by Crippen LogP contribution is 2.41. The topological polar surface area (TPSA) is 156 Å². The highest BCUT2D eigenvalue weighted by atomic mass is 31.2. The molecule has 3 aromatic rings. The van der Waals surface area contributed by atoms with Gasteiger partial charge in [0.05, 0.1) is 31.1 Å². The maximum Gasteiger partial charge on any atom is 0.325 e. The van der Waals surface area contributed by atoms with E-state index >= 15 is 0 Å². The fourth-order valence-electron chi connectivity index (χ4n) is 4.94. The molecular formula is C30H40N5O7P. The Balaban J connectivity index is 1.25. The van der Waals surface area contributed by atoms with Crippen LogP contribution in [0.15, 0.2) is 48.5 Å². The largest absolute Gasteiger partial charge is 0.388 e. The first-order valence-electron chi connectivity index (χ1n) is 14.6. The van der Waals surface area contributed by atoms with Crippen LogP contribution in [0.25, 0.3) is 22.5 Å². The van der Waals surface area contributed by atoms with Gasteiger partial charge in [0.25, 0.3) is 0 Å². The van der Waals surface area contributed by atoms with Gasteiger partial charge in [-0.05, 0) is 37.8 Å². The van der Waals surface area contributed by atoms with Crippen molar-refractivity contribution in [2.24, 2.45) is 0 Å². The van der Waals surface area contributed by atoms with Crippen LogP contribution in [0.1, 0.15) is 44.6 Å². The number of hydrogen-bond donors (Lipinski definition) is 3. The summed E-state index contributed by atoms with van der Waals surface area (Å²) >= 11 is 0. The van der Waals surface area contributed by atoms with Crippen molar-refractivity contribution in [2.75, 3.05) is 37.9 Å². The van der Waals surface area contributed by atoms with Gasteiger partial charge in [-0.25, -0.2) is 4.68 Å². The summed E-state index contributed by atoms with van der Waals surface area (Å²) in [7, 11) is -3.63. The number of anilines is 1. The minimum atomic E-state index is -3.63. The molecule has 2 atom stereocenters. The zero-order valence-corrected chi connectivity index (χ0v) is 25.5. The molecule has 13 heteroatoms. The van der Waals surface area contributed by atoms with E-state index in [4.69, 9.17) is 9.63 Å². The number of unbranched alkanes of at least 4 members (excludes halogenated alkanes) is 1. The molecule has 2 unspecified atom stereocenters. The van der Waals surface area contributed by atoms with Crippen LogP contribution < -0.4 is 10.2 Å². The van der Waals surface area contributed by atoms with Crippen LogP contribution in [-0.4, -0.2) is 75.9 Å². The molecular weight excluding hydrogens is 573 g/mol. The van der Waals surface area contributed by atoms with Gasteiger partial charge in [-0.1, -0.05) is 47.7 Å². The molecule has 1 aliphatic rings. The molecule has 1 aliphatic heterocycles. The molecule has 4 rings (SSSR count). The molecule has 3 N–H and O–H groups in total. The van der Waals surface area contributed by atoms with Crippen LogP contribution >= 0.6 is 7.60 Å². The highest BCUT2D eigenvalue weighted by molar-refractivity contribution is 7.51. The third-order valence-electron chi connectivity index (χ3n) is 7.04. The summed E-state index contributed by atoms with van der Waals surface area (Å²) in [5.74, 6) is -0.112. The Kier molecular flexibility index (Phi) is 11.6. The molecule has 0 radical (unpaired) electrons. The van der Waals surface area contributed by atoms with E-state index in [1.165, 1.54) is 0 Å². The van der Waals surface area contributed by atoms with Crippen molar-refractivity contribution in [3.05, 3.63) is 54.1 Å². The van der Waals surface area contributed by atoms with Crippen molar-refractivity contribution in [3.8, 4) is 22.5 Å². The number of aryl methyl sites for hydroxylation is 1. The van der Waals surface area contributed by atoms with Gasteiger partial charge in [-0.15, -0.1) is 5.10 Å². The van der Waals surface area contributed by atoms with E-state index in [0.717, 1.165) is 40.4 Å². The Morgan fingerprint density at radius 3 is 2.53 bits per heavy atom. The highest BCUT2D eigenvalue weighted by Gasteiger charge is 2.28. The first kappa shape index (κ1) is 32.5. The van der Waals surface area contributed by atoms with Crippen molar-refractivity contribution >= 4 is 25.1 Å². The first-order chi connectivity index (χ1) is 20.7. The Labute approximate surface area is 251 Å². The van der Waals surface area contributed by atoms with E-state index in [-0.39, 0.29) is 25.0 Å². The number of hydrogen-bond acceptors (Lipinski definition) is 8. The number of fused-ring (bicyclic) bond motifs is 5. The number of carbonyl (C=O) groups is 2. The summed E-state index contributed by atoms with van der Waals surface area (Å²) in [5.41, 5.74) is 5.40. The number of nitrogens with zero attached hydrogens (tertiary/aromatic N) is 4. The van der Waals surface area contributed by atoms with Crippen LogP contribution in [0.2, 0.25) is 0 Å². The molecule has 0 aliphatic carbocycles. The lowest BCUT2D eigenvalue weighted by atomic mass is 9.95. The van der Waals surface area contributed by atoms with Gasteiger partial charge in [0, 0.05) is 50.3 Å². The molecule has 12 nitrogen and oxygen atoms in total. The second-order valence-corrected chi connectivity index (χ2v) is 12.4. The van der Waals surface area contributed by atoms with E-state index in [1.807, 2.05) is 65.0 Å². The number of aromatic nitrogens is 3. The van der Waals surface area contributed by atoms with Crippen LogP contribution in [0.3, 0.4) is 0 Å². The average molecular weight is 614 g/mol. The Morgan fingerprint density at radius 1 is 1.05 bits per heavy atom. The number of aliphatic hydroxyl groups is 1. The lowest BCUT2D eigenvalue weighted by molar-refractivity contribution is -0.122.